The van der Waals surface area contributed by atoms with Gasteiger partial charge in [0.15, 0.2) is 6.61 Å². The molecule has 0 aromatic heterocycles. The van der Waals surface area contributed by atoms with E-state index in [4.69, 9.17) is 14.7 Å². The molecule has 158 valence electrons. The van der Waals surface area contributed by atoms with Crippen molar-refractivity contribution in [3.63, 3.8) is 0 Å². The summed E-state index contributed by atoms with van der Waals surface area (Å²) in [5, 5.41) is 11.6. The van der Waals surface area contributed by atoms with Crippen LogP contribution in [-0.2, 0) is 14.8 Å². The average Bonchev–Trinajstić information content (AvgIpc) is 2.78. The number of hydrogen-bond acceptors (Lipinski definition) is 6. The van der Waals surface area contributed by atoms with Crippen LogP contribution in [0, 0.1) is 11.3 Å². The number of amides is 1. The largest absolute Gasteiger partial charge is 0.495 e. The van der Waals surface area contributed by atoms with Crippen LogP contribution in [0.3, 0.4) is 0 Å². The smallest absolute Gasteiger partial charge is 0.262 e. The van der Waals surface area contributed by atoms with Crippen molar-refractivity contribution in [2.75, 3.05) is 32.1 Å². The Balaban J connectivity index is 1.72. The fourth-order valence-corrected chi connectivity index (χ4v) is 4.90. The van der Waals surface area contributed by atoms with Crippen LogP contribution in [0.2, 0.25) is 0 Å². The minimum absolute atomic E-state index is 0.0207. The van der Waals surface area contributed by atoms with Crippen LogP contribution < -0.4 is 14.8 Å². The van der Waals surface area contributed by atoms with Gasteiger partial charge in [-0.3, -0.25) is 4.79 Å². The fourth-order valence-electron chi connectivity index (χ4n) is 3.20. The molecule has 8 nitrogen and oxygen atoms in total. The van der Waals surface area contributed by atoms with E-state index in [0.29, 0.717) is 30.1 Å². The van der Waals surface area contributed by atoms with Crippen LogP contribution in [0.5, 0.6) is 11.5 Å². The zero-order valence-corrected chi connectivity index (χ0v) is 17.4. The topological polar surface area (TPSA) is 109 Å². The molecule has 1 aliphatic rings. The van der Waals surface area contributed by atoms with Gasteiger partial charge in [0.25, 0.3) is 5.91 Å². The number of anilines is 1. The second-order valence-electron chi connectivity index (χ2n) is 6.81. The maximum Gasteiger partial charge on any atom is 0.262 e. The number of carbonyl (C=O) groups excluding carboxylic acids is 1. The van der Waals surface area contributed by atoms with Gasteiger partial charge in [-0.1, -0.05) is 12.5 Å². The molecule has 0 saturated carbocycles. The van der Waals surface area contributed by atoms with E-state index < -0.39 is 15.9 Å². The Morgan fingerprint density at radius 3 is 2.63 bits per heavy atom. The molecule has 0 unspecified atom stereocenters. The minimum Gasteiger partial charge on any atom is -0.495 e. The predicted octanol–water partition coefficient (Wildman–Crippen LogP) is 2.76. The Kier molecular flexibility index (Phi) is 6.92. The Morgan fingerprint density at radius 2 is 1.93 bits per heavy atom. The number of nitrogens with zero attached hydrogens (tertiary/aromatic N) is 2. The van der Waals surface area contributed by atoms with Crippen LogP contribution in [0.4, 0.5) is 5.69 Å². The summed E-state index contributed by atoms with van der Waals surface area (Å²) in [7, 11) is -2.32. The third kappa shape index (κ3) is 5.09. The summed E-state index contributed by atoms with van der Waals surface area (Å²) in [5.74, 6) is 0.166. The molecule has 1 heterocycles. The zero-order valence-electron chi connectivity index (χ0n) is 16.6. The van der Waals surface area contributed by atoms with Crippen molar-refractivity contribution in [3.05, 3.63) is 48.0 Å². The van der Waals surface area contributed by atoms with Crippen LogP contribution in [0.1, 0.15) is 24.8 Å². The highest BCUT2D eigenvalue weighted by molar-refractivity contribution is 7.89. The summed E-state index contributed by atoms with van der Waals surface area (Å²) < 4.78 is 38.2. The molecule has 1 saturated heterocycles. The van der Waals surface area contributed by atoms with Gasteiger partial charge in [-0.05, 0) is 49.2 Å². The third-order valence-corrected chi connectivity index (χ3v) is 6.63. The first-order valence-corrected chi connectivity index (χ1v) is 11.0. The maximum absolute atomic E-state index is 13.1. The first-order valence-electron chi connectivity index (χ1n) is 9.55. The first-order chi connectivity index (χ1) is 14.4. The number of nitrogens with one attached hydrogen (secondary N) is 1. The van der Waals surface area contributed by atoms with Crippen LogP contribution in [0.25, 0.3) is 0 Å². The van der Waals surface area contributed by atoms with Gasteiger partial charge in [0, 0.05) is 18.8 Å². The molecule has 2 aromatic carbocycles. The summed E-state index contributed by atoms with van der Waals surface area (Å²) in [5.41, 5.74) is 0.751. The van der Waals surface area contributed by atoms with Crippen molar-refractivity contribution < 1.29 is 22.7 Å². The van der Waals surface area contributed by atoms with Gasteiger partial charge in [0.2, 0.25) is 10.0 Å². The summed E-state index contributed by atoms with van der Waals surface area (Å²) in [6.07, 6.45) is 2.65. The Hall–Kier alpha value is -3.09. The second kappa shape index (κ2) is 9.61. The van der Waals surface area contributed by atoms with E-state index in [2.05, 4.69) is 5.32 Å². The highest BCUT2D eigenvalue weighted by Gasteiger charge is 2.29. The fraction of sp³-hybridized carbons (Fsp3) is 0.333. The highest BCUT2D eigenvalue weighted by Crippen LogP contribution is 2.31. The monoisotopic (exact) mass is 429 g/mol. The lowest BCUT2D eigenvalue weighted by molar-refractivity contribution is -0.118. The molecule has 1 N–H and O–H groups in total. The van der Waals surface area contributed by atoms with Gasteiger partial charge >= 0.3 is 0 Å². The Bertz CT molecular complexity index is 1060. The number of benzene rings is 2. The minimum atomic E-state index is -3.73. The number of piperidine rings is 1. The predicted molar refractivity (Wildman–Crippen MR) is 111 cm³/mol. The van der Waals surface area contributed by atoms with Crippen molar-refractivity contribution in [2.45, 2.75) is 24.2 Å². The molecule has 30 heavy (non-hydrogen) atoms. The van der Waals surface area contributed by atoms with Crippen molar-refractivity contribution in [2.24, 2.45) is 0 Å². The summed E-state index contributed by atoms with van der Waals surface area (Å²) in [4.78, 5) is 12.3. The van der Waals surface area contributed by atoms with E-state index in [0.717, 1.165) is 19.3 Å². The van der Waals surface area contributed by atoms with Crippen LogP contribution >= 0.6 is 0 Å². The number of carbonyl (C=O) groups is 1. The number of hydrogen-bond donors (Lipinski definition) is 1. The number of nitriles is 1. The van der Waals surface area contributed by atoms with E-state index in [1.165, 1.54) is 29.6 Å². The number of sulfonamides is 1. The normalized spacial score (nSPS) is 14.5. The first kappa shape index (κ1) is 21.6. The number of ether oxygens (including phenoxy) is 2. The van der Waals surface area contributed by atoms with Crippen LogP contribution in [-0.4, -0.2) is 45.4 Å². The van der Waals surface area contributed by atoms with Crippen LogP contribution in [0.15, 0.2) is 47.4 Å². The van der Waals surface area contributed by atoms with Crippen molar-refractivity contribution in [1.82, 2.24) is 4.31 Å². The van der Waals surface area contributed by atoms with Gasteiger partial charge < -0.3 is 14.8 Å². The van der Waals surface area contributed by atoms with E-state index in [1.807, 2.05) is 6.07 Å². The van der Waals surface area contributed by atoms with E-state index in [9.17, 15) is 13.2 Å². The molecule has 1 amide bonds. The van der Waals surface area contributed by atoms with Gasteiger partial charge in [0.1, 0.15) is 16.4 Å². The summed E-state index contributed by atoms with van der Waals surface area (Å²) >= 11 is 0. The second-order valence-corrected chi connectivity index (χ2v) is 8.71. The quantitative estimate of drug-likeness (QED) is 0.725. The number of rotatable bonds is 7. The van der Waals surface area contributed by atoms with Gasteiger partial charge in [0.05, 0.1) is 18.7 Å². The Morgan fingerprint density at radius 1 is 1.17 bits per heavy atom. The lowest BCUT2D eigenvalue weighted by atomic mass is 10.2. The summed E-state index contributed by atoms with van der Waals surface area (Å²) in [6.45, 7) is 0.657. The molecule has 9 heteroatoms. The van der Waals surface area contributed by atoms with E-state index >= 15 is 0 Å². The van der Waals surface area contributed by atoms with E-state index in [1.54, 1.807) is 24.3 Å². The zero-order chi connectivity index (χ0) is 21.6. The molecule has 1 aliphatic heterocycles. The maximum atomic E-state index is 13.1. The van der Waals surface area contributed by atoms with Crippen molar-refractivity contribution in [1.29, 1.82) is 5.26 Å². The molecule has 0 atom stereocenters. The molecule has 0 aliphatic carbocycles. The Labute approximate surface area is 176 Å². The lowest BCUT2D eigenvalue weighted by Crippen LogP contribution is -2.35. The van der Waals surface area contributed by atoms with Crippen molar-refractivity contribution >= 4 is 21.6 Å². The molecule has 1 fully saturated rings. The highest BCUT2D eigenvalue weighted by atomic mass is 32.2. The standard InChI is InChI=1S/C21H23N3O5S/c1-28-19-9-8-17(13-20(19)30(26,27)24-10-3-2-4-11-24)23-21(25)15-29-18-7-5-6-16(12-18)14-22/h5-9,12-13H,2-4,10-11,15H2,1H3,(H,23,25). The van der Waals surface area contributed by atoms with Gasteiger partial charge in [-0.15, -0.1) is 0 Å². The molecule has 3 rings (SSSR count). The molecule has 0 radical (unpaired) electrons. The molecular formula is C21H23N3O5S. The number of methoxy groups -OCH3 is 1. The lowest BCUT2D eigenvalue weighted by Gasteiger charge is -2.26. The van der Waals surface area contributed by atoms with Gasteiger partial charge in [-0.2, -0.15) is 9.57 Å². The SMILES string of the molecule is COc1ccc(NC(=O)COc2cccc(C#N)c2)cc1S(=O)(=O)N1CCCCC1. The van der Waals surface area contributed by atoms with Crippen molar-refractivity contribution in [3.8, 4) is 17.6 Å². The molecule has 0 bridgehead atoms. The average molecular weight is 429 g/mol. The molecule has 0 spiro atoms. The summed E-state index contributed by atoms with van der Waals surface area (Å²) in [6, 6.07) is 13.0. The third-order valence-electron chi connectivity index (χ3n) is 4.71. The molecular weight excluding hydrogens is 406 g/mol. The van der Waals surface area contributed by atoms with Gasteiger partial charge in [-0.25, -0.2) is 8.42 Å². The van der Waals surface area contributed by atoms with E-state index in [-0.39, 0.29) is 17.3 Å². The molecule has 2 aromatic rings.